The maximum absolute atomic E-state index is 11.8. The smallest absolute Gasteiger partial charge is 0.328 e. The van der Waals surface area contributed by atoms with Crippen molar-refractivity contribution < 1.29 is 19.5 Å². The topological polar surface area (TPSA) is 111 Å². The molecule has 1 aromatic heterocycles. The number of aliphatic hydroxyl groups is 1. The summed E-state index contributed by atoms with van der Waals surface area (Å²) in [4.78, 5) is 37.5. The quantitative estimate of drug-likeness (QED) is 0.528. The zero-order valence-electron chi connectivity index (χ0n) is 9.56. The van der Waals surface area contributed by atoms with E-state index in [0.717, 1.165) is 0 Å². The maximum atomic E-state index is 11.8. The van der Waals surface area contributed by atoms with E-state index in [9.17, 15) is 19.5 Å². The van der Waals surface area contributed by atoms with E-state index in [1.807, 2.05) is 10.6 Å². The summed E-state index contributed by atoms with van der Waals surface area (Å²) in [6.45, 7) is 0. The second-order valence-electron chi connectivity index (χ2n) is 4.20. The molecule has 4 N–H and O–H groups in total. The Morgan fingerprint density at radius 1 is 1.00 bits per heavy atom. The van der Waals surface area contributed by atoms with Crippen molar-refractivity contribution >= 4 is 28.7 Å². The van der Waals surface area contributed by atoms with Crippen LogP contribution in [0.4, 0.5) is 4.79 Å². The third kappa shape index (κ3) is 1.45. The number of para-hydroxylation sites is 1. The first-order valence-electron chi connectivity index (χ1n) is 5.49. The number of carbonyl (C=O) groups is 3. The van der Waals surface area contributed by atoms with E-state index >= 15 is 0 Å². The molecule has 3 rings (SSSR count). The number of aromatic nitrogens is 1. The summed E-state index contributed by atoms with van der Waals surface area (Å²) in [6.07, 6.45) is 1.37. The Balaban J connectivity index is 2.21. The van der Waals surface area contributed by atoms with E-state index in [1.165, 1.54) is 6.20 Å². The summed E-state index contributed by atoms with van der Waals surface area (Å²) in [6, 6.07) is 5.95. The predicted octanol–water partition coefficient (Wildman–Crippen LogP) is -0.279. The number of nitrogens with one attached hydrogen (secondary N) is 3. The molecule has 7 nitrogen and oxygen atoms in total. The van der Waals surface area contributed by atoms with E-state index in [2.05, 4.69) is 4.98 Å². The molecule has 4 amide bonds. The van der Waals surface area contributed by atoms with Crippen LogP contribution in [0, 0.1) is 0 Å². The van der Waals surface area contributed by atoms with Gasteiger partial charge in [-0.3, -0.25) is 20.2 Å². The number of carbonyl (C=O) groups excluding carboxylic acids is 3. The highest BCUT2D eigenvalue weighted by Gasteiger charge is 2.51. The largest absolute Gasteiger partial charge is 0.368 e. The Morgan fingerprint density at radius 3 is 2.32 bits per heavy atom. The van der Waals surface area contributed by atoms with E-state index < -0.39 is 23.4 Å². The minimum atomic E-state index is -2.42. The first-order valence-corrected chi connectivity index (χ1v) is 5.49. The van der Waals surface area contributed by atoms with Gasteiger partial charge in [-0.15, -0.1) is 0 Å². The monoisotopic (exact) mass is 259 g/mol. The Hall–Kier alpha value is -2.67. The summed E-state index contributed by atoms with van der Waals surface area (Å²) >= 11 is 0. The van der Waals surface area contributed by atoms with Gasteiger partial charge in [0.1, 0.15) is 0 Å². The molecule has 0 atom stereocenters. The summed E-state index contributed by atoms with van der Waals surface area (Å²) < 4.78 is 0. The summed E-state index contributed by atoms with van der Waals surface area (Å²) in [5.74, 6) is -2.13. The molecule has 1 aliphatic rings. The maximum Gasteiger partial charge on any atom is 0.328 e. The van der Waals surface area contributed by atoms with Crippen molar-refractivity contribution in [2.24, 2.45) is 0 Å². The van der Waals surface area contributed by atoms with Gasteiger partial charge in [0.25, 0.3) is 17.4 Å². The Bertz CT molecular complexity index is 699. The number of benzene rings is 1. The molecule has 2 heterocycles. The minimum absolute atomic E-state index is 0.102. The molecule has 0 unspecified atom stereocenters. The van der Waals surface area contributed by atoms with Crippen LogP contribution in [0.25, 0.3) is 10.9 Å². The SMILES string of the molecule is O=C1NC(=O)C(O)(c2c[nH]c3ccccc23)C(=O)N1. The lowest BCUT2D eigenvalue weighted by Gasteiger charge is -2.28. The van der Waals surface area contributed by atoms with Gasteiger partial charge in [0.15, 0.2) is 0 Å². The zero-order valence-corrected chi connectivity index (χ0v) is 9.56. The molecule has 19 heavy (non-hydrogen) atoms. The Labute approximate surface area is 106 Å². The van der Waals surface area contributed by atoms with Crippen molar-refractivity contribution in [3.63, 3.8) is 0 Å². The molecule has 96 valence electrons. The van der Waals surface area contributed by atoms with Gasteiger partial charge in [0.05, 0.1) is 0 Å². The summed E-state index contributed by atoms with van der Waals surface area (Å²) in [5, 5.41) is 14.7. The van der Waals surface area contributed by atoms with Gasteiger partial charge in [-0.05, 0) is 6.07 Å². The molecule has 1 aromatic carbocycles. The average molecular weight is 259 g/mol. The number of amides is 4. The van der Waals surface area contributed by atoms with Crippen LogP contribution in [0.2, 0.25) is 0 Å². The molecule has 0 radical (unpaired) electrons. The number of fused-ring (bicyclic) bond motifs is 1. The van der Waals surface area contributed by atoms with Crippen LogP contribution in [-0.2, 0) is 15.2 Å². The number of hydrogen-bond acceptors (Lipinski definition) is 4. The van der Waals surface area contributed by atoms with Gasteiger partial charge in [0, 0.05) is 22.7 Å². The van der Waals surface area contributed by atoms with Crippen molar-refractivity contribution in [1.82, 2.24) is 15.6 Å². The lowest BCUT2D eigenvalue weighted by Crippen LogP contribution is -2.64. The molecule has 0 bridgehead atoms. The Morgan fingerprint density at radius 2 is 1.63 bits per heavy atom. The van der Waals surface area contributed by atoms with E-state index in [0.29, 0.717) is 10.9 Å². The van der Waals surface area contributed by atoms with Crippen LogP contribution < -0.4 is 10.6 Å². The fourth-order valence-electron chi connectivity index (χ4n) is 2.14. The molecule has 0 spiro atoms. The Kier molecular flexibility index (Phi) is 2.20. The lowest BCUT2D eigenvalue weighted by atomic mass is 9.90. The van der Waals surface area contributed by atoms with Crippen LogP contribution in [0.5, 0.6) is 0 Å². The number of rotatable bonds is 1. The van der Waals surface area contributed by atoms with E-state index in [1.54, 1.807) is 24.3 Å². The van der Waals surface area contributed by atoms with Crippen molar-refractivity contribution in [3.05, 3.63) is 36.0 Å². The fourth-order valence-corrected chi connectivity index (χ4v) is 2.14. The van der Waals surface area contributed by atoms with Gasteiger partial charge < -0.3 is 10.1 Å². The first kappa shape index (κ1) is 11.4. The molecule has 0 aliphatic carbocycles. The number of barbiturate groups is 1. The van der Waals surface area contributed by atoms with Crippen LogP contribution in [0.3, 0.4) is 0 Å². The van der Waals surface area contributed by atoms with Gasteiger partial charge >= 0.3 is 6.03 Å². The second kappa shape index (κ2) is 3.66. The number of imide groups is 2. The van der Waals surface area contributed by atoms with Crippen molar-refractivity contribution in [2.45, 2.75) is 5.60 Å². The molecular weight excluding hydrogens is 250 g/mol. The normalized spacial score (nSPS) is 18.3. The number of aromatic amines is 1. The van der Waals surface area contributed by atoms with Crippen molar-refractivity contribution in [2.75, 3.05) is 0 Å². The van der Waals surface area contributed by atoms with Gasteiger partial charge in [-0.2, -0.15) is 0 Å². The van der Waals surface area contributed by atoms with Crippen LogP contribution in [0.15, 0.2) is 30.5 Å². The lowest BCUT2D eigenvalue weighted by molar-refractivity contribution is -0.155. The third-order valence-electron chi connectivity index (χ3n) is 3.09. The predicted molar refractivity (Wildman–Crippen MR) is 63.9 cm³/mol. The van der Waals surface area contributed by atoms with Crippen molar-refractivity contribution in [3.8, 4) is 0 Å². The van der Waals surface area contributed by atoms with Crippen LogP contribution in [0.1, 0.15) is 5.56 Å². The van der Waals surface area contributed by atoms with E-state index in [-0.39, 0.29) is 5.56 Å². The first-order chi connectivity index (χ1) is 9.03. The average Bonchev–Trinajstić information content (AvgIpc) is 2.80. The second-order valence-corrected chi connectivity index (χ2v) is 4.20. The molecular formula is C12H9N3O4. The molecule has 1 aliphatic heterocycles. The highest BCUT2D eigenvalue weighted by molar-refractivity contribution is 6.22. The molecule has 2 aromatic rings. The highest BCUT2D eigenvalue weighted by Crippen LogP contribution is 2.30. The zero-order chi connectivity index (χ0) is 13.6. The van der Waals surface area contributed by atoms with Crippen LogP contribution >= 0.6 is 0 Å². The molecule has 7 heteroatoms. The fraction of sp³-hybridized carbons (Fsp3) is 0.0833. The van der Waals surface area contributed by atoms with Crippen LogP contribution in [-0.4, -0.2) is 27.9 Å². The number of urea groups is 1. The number of H-pyrrole nitrogens is 1. The summed E-state index contributed by atoms with van der Waals surface area (Å²) in [7, 11) is 0. The van der Waals surface area contributed by atoms with Crippen molar-refractivity contribution in [1.29, 1.82) is 0 Å². The van der Waals surface area contributed by atoms with Gasteiger partial charge in [0.2, 0.25) is 0 Å². The number of hydrogen-bond donors (Lipinski definition) is 4. The molecule has 1 fully saturated rings. The van der Waals surface area contributed by atoms with Gasteiger partial charge in [-0.1, -0.05) is 18.2 Å². The summed E-state index contributed by atoms with van der Waals surface area (Å²) in [5.41, 5.74) is -1.65. The standard InChI is InChI=1S/C12H9N3O4/c16-9-12(19,10(17)15-11(18)14-9)7-5-13-8-4-2-1-3-6(7)8/h1-5,13,19H,(H2,14,15,16,17,18). The van der Waals surface area contributed by atoms with E-state index in [4.69, 9.17) is 0 Å². The third-order valence-corrected chi connectivity index (χ3v) is 3.09. The highest BCUT2D eigenvalue weighted by atomic mass is 16.3. The van der Waals surface area contributed by atoms with Gasteiger partial charge in [-0.25, -0.2) is 4.79 Å². The molecule has 1 saturated heterocycles. The minimum Gasteiger partial charge on any atom is -0.368 e. The molecule has 0 saturated carbocycles.